The molecule has 0 amide bonds. The van der Waals surface area contributed by atoms with E-state index in [9.17, 15) is 93.9 Å². The van der Waals surface area contributed by atoms with Crippen molar-refractivity contribution < 1.29 is 74.4 Å². The molecule has 0 radical (unpaired) electrons. The molecule has 5 aliphatic rings. The van der Waals surface area contributed by atoms with Gasteiger partial charge in [0.15, 0.2) is 0 Å². The number of ether oxygens (including phenoxy) is 6. The Hall–Kier alpha value is -5.96. The Bertz CT molecular complexity index is 5180. The Labute approximate surface area is 692 Å². The average Bonchev–Trinajstić information content (AvgIpc) is 1.70. The number of aliphatic hydroxyl groups is 9. The summed E-state index contributed by atoms with van der Waals surface area (Å²) in [6, 6.07) is 0. The lowest BCUT2D eigenvalue weighted by Crippen LogP contribution is -2.40. The number of hydrogen-bond donors (Lipinski definition) is 13. The zero-order valence-corrected chi connectivity index (χ0v) is 76.0. The van der Waals surface area contributed by atoms with Crippen LogP contribution in [0.2, 0.25) is 0 Å². The lowest BCUT2D eigenvalue weighted by Gasteiger charge is -2.19. The maximum atomic E-state index is 12.3. The number of aromatic amines is 4. The molecule has 20 atom stereocenters. The first-order chi connectivity index (χ1) is 55.1. The van der Waals surface area contributed by atoms with E-state index in [1.165, 1.54) is 76.7 Å². The monoisotopic (exact) mass is 1770 g/mol. The lowest BCUT2D eigenvalue weighted by molar-refractivity contribution is -0.0129. The van der Waals surface area contributed by atoms with Crippen molar-refractivity contribution in [3.63, 3.8) is 0 Å². The van der Waals surface area contributed by atoms with Gasteiger partial charge >= 0.3 is 28.4 Å². The maximum Gasteiger partial charge on any atom is 0.332 e. The number of aliphatic hydroxyl groups excluding tert-OH is 9. The predicted molar refractivity (Wildman–Crippen MR) is 479 cm³/mol. The molecule has 119 heavy (non-hydrogen) atoms. The van der Waals surface area contributed by atoms with Crippen LogP contribution in [0.4, 0.5) is 0 Å². The van der Waals surface area contributed by atoms with E-state index in [0.717, 1.165) is 59.2 Å². The molecule has 35 nitrogen and oxygen atoms in total. The summed E-state index contributed by atoms with van der Waals surface area (Å²) < 4.78 is 41.9. The Kier molecular flexibility index (Phi) is 36.9. The summed E-state index contributed by atoms with van der Waals surface area (Å²) in [5, 5.41) is 92.6. The van der Waals surface area contributed by atoms with Crippen LogP contribution in [0.5, 0.6) is 0 Å². The quantitative estimate of drug-likeness (QED) is 0.0304. The van der Waals surface area contributed by atoms with Gasteiger partial charge < -0.3 is 92.6 Å². The fraction of sp³-hybridized carbons (Fsp3) is 0.658. The molecule has 13 N–H and O–H groups in total. The zero-order chi connectivity index (χ0) is 89.8. The number of nitrogens with zero attached hydrogens (tertiary/aromatic N) is 6. The Morgan fingerprint density at radius 1 is 0.395 bits per heavy atom. The fourth-order valence-corrected chi connectivity index (χ4v) is 18.8. The van der Waals surface area contributed by atoms with Gasteiger partial charge in [-0.3, -0.25) is 53.0 Å². The van der Waals surface area contributed by atoms with Crippen molar-refractivity contribution >= 4 is 72.1 Å². The number of rotatable bonds is 28. The second kappa shape index (κ2) is 43.1. The number of methoxy groups -OCH3 is 1. The van der Waals surface area contributed by atoms with E-state index in [4.69, 9.17) is 28.4 Å². The van der Waals surface area contributed by atoms with E-state index < -0.39 is 213 Å². The van der Waals surface area contributed by atoms with Gasteiger partial charge in [0.2, 0.25) is 0 Å². The molecule has 5 aromatic heterocycles. The molecule has 0 aliphatic carbocycles. The van der Waals surface area contributed by atoms with E-state index in [1.807, 2.05) is 13.8 Å². The van der Waals surface area contributed by atoms with Gasteiger partial charge in [0.25, 0.3) is 27.8 Å². The molecule has 672 valence electrons. The van der Waals surface area contributed by atoms with E-state index >= 15 is 0 Å². The highest BCUT2D eigenvalue weighted by Gasteiger charge is 2.50. The van der Waals surface area contributed by atoms with Gasteiger partial charge in [0, 0.05) is 78.0 Å². The second-order valence-electron chi connectivity index (χ2n) is 34.7. The van der Waals surface area contributed by atoms with Gasteiger partial charge in [-0.25, -0.2) is 24.0 Å². The summed E-state index contributed by atoms with van der Waals surface area (Å²) in [6.07, 6.45) is 20.8. The van der Waals surface area contributed by atoms with E-state index in [-0.39, 0.29) is 27.8 Å². The van der Waals surface area contributed by atoms with Gasteiger partial charge in [0.05, 0.1) is 58.3 Å². The average molecular weight is 1780 g/mol. The molecule has 5 saturated heterocycles. The van der Waals surface area contributed by atoms with Crippen LogP contribution in [0.25, 0.3) is 6.20 Å². The summed E-state index contributed by atoms with van der Waals surface area (Å²) in [4.78, 5) is 128. The van der Waals surface area contributed by atoms with Crippen molar-refractivity contribution in [1.82, 2.24) is 47.3 Å². The first-order valence-electron chi connectivity index (χ1n) is 39.7. The van der Waals surface area contributed by atoms with E-state index in [0.29, 0.717) is 51.7 Å². The van der Waals surface area contributed by atoms with Crippen LogP contribution in [0, 0.1) is 0 Å². The minimum Gasteiger partial charge on any atom is -0.388 e. The second-order valence-corrected chi connectivity index (χ2v) is 56.3. The van der Waals surface area contributed by atoms with Gasteiger partial charge in [0.1, 0.15) is 91.6 Å². The Balaban J connectivity index is 0.000000231. The number of aromatic nitrogens is 10. The first kappa shape index (κ1) is 102. The lowest BCUT2D eigenvalue weighted by atomic mass is 10.0. The minimum atomic E-state index is -1.28. The molecule has 0 bridgehead atoms. The molecule has 10 rings (SSSR count). The summed E-state index contributed by atoms with van der Waals surface area (Å²) in [5.74, 6) is 0. The van der Waals surface area contributed by atoms with Crippen LogP contribution in [-0.4, -0.2) is 321 Å². The van der Waals surface area contributed by atoms with Crippen LogP contribution in [-0.2, 0) is 62.2 Å². The third-order valence-corrected chi connectivity index (χ3v) is 28.4. The first-order valence-corrected chi connectivity index (χ1v) is 54.9. The number of H-pyrrole nitrogens is 4. The highest BCUT2D eigenvalue weighted by molar-refractivity contribution is 7.73. The van der Waals surface area contributed by atoms with Crippen molar-refractivity contribution in [2.45, 2.75) is 214 Å². The molecular formula is C79H131N10O25P5. The molecular weight excluding hydrogens is 1640 g/mol. The molecule has 5 aliphatic heterocycles. The van der Waals surface area contributed by atoms with Crippen LogP contribution in [0.15, 0.2) is 85.5 Å². The van der Waals surface area contributed by atoms with Crippen LogP contribution < -0.4 is 56.2 Å². The van der Waals surface area contributed by atoms with Gasteiger partial charge in [-0.15, -0.1) is 65.9 Å². The molecule has 0 aromatic carbocycles. The summed E-state index contributed by atoms with van der Waals surface area (Å²) >= 11 is 0. The van der Waals surface area contributed by atoms with Crippen molar-refractivity contribution in [3.05, 3.63) is 170 Å². The number of nitrogens with one attached hydrogen (secondary N) is 4. The molecule has 40 heteroatoms. The van der Waals surface area contributed by atoms with Crippen LogP contribution in [0.1, 0.15) is 130 Å². The van der Waals surface area contributed by atoms with Crippen LogP contribution >= 0.6 is 34.4 Å². The van der Waals surface area contributed by atoms with Crippen molar-refractivity contribution in [1.29, 1.82) is 0 Å². The highest BCUT2D eigenvalue weighted by Crippen LogP contribution is 2.46. The van der Waals surface area contributed by atoms with Crippen molar-refractivity contribution in [2.24, 2.45) is 14.1 Å². The molecule has 5 fully saturated rings. The van der Waals surface area contributed by atoms with Crippen LogP contribution in [0.3, 0.4) is 0 Å². The Morgan fingerprint density at radius 2 is 0.689 bits per heavy atom. The van der Waals surface area contributed by atoms with Crippen molar-refractivity contribution in [3.8, 4) is 0 Å². The van der Waals surface area contributed by atoms with E-state index in [1.54, 1.807) is 6.92 Å². The number of unbranched alkanes of at least 4 members (excludes halogenated alkanes) is 1. The maximum absolute atomic E-state index is 12.3. The third kappa shape index (κ3) is 27.8. The number of aryl methyl sites for hydroxylation is 4. The normalized spacial score (nSPS) is 27.6. The smallest absolute Gasteiger partial charge is 0.332 e. The molecule has 5 aromatic rings. The van der Waals surface area contributed by atoms with E-state index in [2.05, 4.69) is 125 Å². The highest BCUT2D eigenvalue weighted by atomic mass is 31.2. The molecule has 0 spiro atoms. The summed E-state index contributed by atoms with van der Waals surface area (Å²) in [5.41, 5.74) is -4.44. The Morgan fingerprint density at radius 3 is 1.00 bits per heavy atom. The molecule has 0 saturated carbocycles. The SMILES string of the molecule is C=Cn1cc([C@@H]2O[C@H](CCP(=C)(C)C)[C@@H](O)[C@H]2OC)c(=O)[nH]c1=O.C=P(C)(C)CC[C@H]1O[C@@H](c2cn(C)c(=O)n(C)c2=O)[C@H](O)[C@@H]1O.C=P(C)(C)CC[C@H]1O[C@@H](c2cn(CC)c(=O)[nH]c2=O)[C@H](O)[C@@H]1O.C=P(C)(C)CC[C@H]1O[C@@H](c2cn(CCC)c(=O)[nH]c2=O)[C@H](O)[C@@H]1O.C=P(C)(C)CC[C@H]1O[C@@H](c2cn(CCCC)c(=O)[nH]c2=O)[C@H](O)[C@@H]1O. The summed E-state index contributed by atoms with van der Waals surface area (Å²) in [7, 11) is 4.36. The molecule has 0 unspecified atom stereocenters. The largest absolute Gasteiger partial charge is 0.388 e. The zero-order valence-electron chi connectivity index (χ0n) is 71.5. The predicted octanol–water partition coefficient (Wildman–Crippen LogP) is 0.520. The number of hydrogen-bond acceptors (Lipinski definition) is 25. The fourth-order valence-electron chi connectivity index (χ4n) is 14.0. The van der Waals surface area contributed by atoms with Crippen molar-refractivity contribution in [2.75, 3.05) is 105 Å². The third-order valence-electron chi connectivity index (χ3n) is 21.0. The summed E-state index contributed by atoms with van der Waals surface area (Å²) in [6.45, 7) is 25.2. The topological polar surface area (TPSA) is 501 Å². The van der Waals surface area contributed by atoms with Gasteiger partial charge in [-0.2, -0.15) is 0 Å². The molecule has 10 heterocycles. The minimum absolute atomic E-state index is 0.157. The van der Waals surface area contributed by atoms with Gasteiger partial charge in [-0.1, -0.05) is 26.8 Å². The standard InChI is InChI=1S/C17H29N2O5P.C16H25N2O5P.C16H27N2O5P.2C15H25N2O5P/c1-5-6-8-19-10-11(16(22)18-17(19)23)15-14(21)13(20)12(24-15)7-9-25(2,3)4;1-6-18-9-10(15(20)17-16(18)21)13-14(22-2)12(19)11(23-13)7-8-24(3,4)5;1-5-7-18-9-10(15(21)17-16(18)22)14-13(20)12(19)11(23-14)6-8-24(2,3)4;1-16-8-9(14(20)17(2)15(16)21)13-12(19)11(18)10(22-13)6-7-23(3,4)5;1-5-17-8-9(14(20)16-15(17)21)13-12(19)11(18)10(22-13)6-7-23(2,3)4/h10,12-15,20-21H,2,5-9H2,1,3-4H3,(H,18,22,23);6,9,11-14,19H,1,3,7-8H2,2,4-5H3,(H,17,20,21);9,11-14,19-20H,2,5-8H2,1,3-4H3,(H,17,21,22);8,10-13,18-19H,3,6-7H2,1-2,4-5H3;8,10-13,18-19H,2,5-7H2,1,3-4H3,(H,16,20,21)/t12-,13-,14-,15+;11-,12-,13+,14-;11-,12-,13-,14+;2*10-,11-,12-,13+/m11111/s1. The van der Waals surface area contributed by atoms with Gasteiger partial charge in [-0.05, 0) is 149 Å².